The minimum atomic E-state index is -0.220. The van der Waals surface area contributed by atoms with E-state index < -0.39 is 0 Å². The molecule has 122 valence electrons. The van der Waals surface area contributed by atoms with E-state index in [1.807, 2.05) is 24.3 Å². The maximum atomic E-state index is 13.6. The molecule has 0 radical (unpaired) electrons. The Morgan fingerprint density at radius 3 is 2.52 bits per heavy atom. The lowest BCUT2D eigenvalue weighted by molar-refractivity contribution is 0.185. The van der Waals surface area contributed by atoms with Gasteiger partial charge in [0, 0.05) is 32.8 Å². The summed E-state index contributed by atoms with van der Waals surface area (Å²) in [6.07, 6.45) is 0. The Labute approximate surface area is 136 Å². The lowest BCUT2D eigenvalue weighted by atomic mass is 10.1. The fourth-order valence-corrected chi connectivity index (χ4v) is 2.22. The van der Waals surface area contributed by atoms with Crippen molar-refractivity contribution in [3.05, 3.63) is 71.0 Å². The molecule has 4 nitrogen and oxygen atoms in total. The van der Waals surface area contributed by atoms with Crippen LogP contribution in [0.1, 0.15) is 16.7 Å². The fraction of sp³-hybridized carbons (Fsp3) is 0.278. The summed E-state index contributed by atoms with van der Waals surface area (Å²) in [5.41, 5.74) is 2.87. The van der Waals surface area contributed by atoms with Gasteiger partial charge in [0.2, 0.25) is 0 Å². The molecule has 0 saturated carbocycles. The summed E-state index contributed by atoms with van der Waals surface area (Å²) in [5.74, 6) is 0.410. The third kappa shape index (κ3) is 5.38. The molecular formula is C18H22FN3O. The van der Waals surface area contributed by atoms with Gasteiger partial charge in [0.05, 0.1) is 6.61 Å². The number of guanidine groups is 1. The molecule has 0 unspecified atom stereocenters. The van der Waals surface area contributed by atoms with E-state index in [0.29, 0.717) is 31.2 Å². The number of rotatable bonds is 6. The molecule has 0 aliphatic heterocycles. The van der Waals surface area contributed by atoms with E-state index in [-0.39, 0.29) is 5.82 Å². The number of nitrogens with one attached hydrogen (secondary N) is 2. The number of hydrogen-bond donors (Lipinski definition) is 2. The Morgan fingerprint density at radius 2 is 1.78 bits per heavy atom. The highest BCUT2D eigenvalue weighted by Gasteiger charge is 2.03. The third-order valence-electron chi connectivity index (χ3n) is 3.39. The molecule has 0 amide bonds. The predicted octanol–water partition coefficient (Wildman–Crippen LogP) is 2.84. The highest BCUT2D eigenvalue weighted by Crippen LogP contribution is 2.07. The number of hydrogen-bond acceptors (Lipinski definition) is 2. The number of halogens is 1. The minimum absolute atomic E-state index is 0.220. The first-order valence-electron chi connectivity index (χ1n) is 7.47. The average Bonchev–Trinajstić information content (AvgIpc) is 2.57. The molecule has 0 aliphatic carbocycles. The predicted molar refractivity (Wildman–Crippen MR) is 90.6 cm³/mol. The Bertz CT molecular complexity index is 658. The highest BCUT2D eigenvalue weighted by atomic mass is 19.1. The van der Waals surface area contributed by atoms with E-state index in [1.165, 1.54) is 6.07 Å². The van der Waals surface area contributed by atoms with E-state index in [1.54, 1.807) is 26.3 Å². The topological polar surface area (TPSA) is 45.7 Å². The number of methoxy groups -OCH3 is 1. The van der Waals surface area contributed by atoms with Crippen LogP contribution < -0.4 is 10.6 Å². The van der Waals surface area contributed by atoms with Crippen LogP contribution in [0.5, 0.6) is 0 Å². The molecule has 0 heterocycles. The molecule has 23 heavy (non-hydrogen) atoms. The Balaban J connectivity index is 1.88. The van der Waals surface area contributed by atoms with Crippen molar-refractivity contribution in [3.63, 3.8) is 0 Å². The van der Waals surface area contributed by atoms with Gasteiger partial charge in [-0.15, -0.1) is 0 Å². The molecule has 0 aromatic heterocycles. The van der Waals surface area contributed by atoms with E-state index in [0.717, 1.165) is 11.1 Å². The van der Waals surface area contributed by atoms with Crippen molar-refractivity contribution in [2.24, 2.45) is 4.99 Å². The van der Waals surface area contributed by atoms with E-state index in [9.17, 15) is 4.39 Å². The zero-order chi connectivity index (χ0) is 16.5. The summed E-state index contributed by atoms with van der Waals surface area (Å²) in [6.45, 7) is 1.61. The zero-order valence-corrected chi connectivity index (χ0v) is 13.5. The molecule has 2 aromatic carbocycles. The second kappa shape index (κ2) is 8.90. The van der Waals surface area contributed by atoms with Crippen LogP contribution in [0.2, 0.25) is 0 Å². The molecule has 0 atom stereocenters. The van der Waals surface area contributed by atoms with Crippen molar-refractivity contribution < 1.29 is 9.13 Å². The Kier molecular flexibility index (Phi) is 6.56. The van der Waals surface area contributed by atoms with Crippen LogP contribution in [0, 0.1) is 5.82 Å². The fourth-order valence-electron chi connectivity index (χ4n) is 2.22. The molecule has 2 rings (SSSR count). The van der Waals surface area contributed by atoms with Crippen LogP contribution in [-0.2, 0) is 24.4 Å². The first-order chi connectivity index (χ1) is 11.2. The summed E-state index contributed by atoms with van der Waals surface area (Å²) in [6, 6.07) is 14.9. The number of nitrogens with zero attached hydrogens (tertiary/aromatic N) is 1. The minimum Gasteiger partial charge on any atom is -0.380 e. The first-order valence-corrected chi connectivity index (χ1v) is 7.47. The molecule has 0 fully saturated rings. The van der Waals surface area contributed by atoms with Crippen molar-refractivity contribution >= 4 is 5.96 Å². The van der Waals surface area contributed by atoms with Gasteiger partial charge < -0.3 is 15.4 Å². The van der Waals surface area contributed by atoms with Crippen LogP contribution in [0.25, 0.3) is 0 Å². The van der Waals surface area contributed by atoms with Gasteiger partial charge in [0.25, 0.3) is 0 Å². The van der Waals surface area contributed by atoms with Crippen LogP contribution in [-0.4, -0.2) is 20.1 Å². The van der Waals surface area contributed by atoms with Gasteiger partial charge >= 0.3 is 0 Å². The van der Waals surface area contributed by atoms with Gasteiger partial charge in [-0.1, -0.05) is 42.5 Å². The largest absolute Gasteiger partial charge is 0.380 e. The summed E-state index contributed by atoms with van der Waals surface area (Å²) in [5, 5.41) is 6.33. The van der Waals surface area contributed by atoms with E-state index >= 15 is 0 Å². The lowest BCUT2D eigenvalue weighted by Crippen LogP contribution is -2.36. The summed E-state index contributed by atoms with van der Waals surface area (Å²) in [4.78, 5) is 4.15. The second-order valence-electron chi connectivity index (χ2n) is 5.12. The maximum absolute atomic E-state index is 13.6. The molecule has 0 spiro atoms. The van der Waals surface area contributed by atoms with E-state index in [4.69, 9.17) is 4.74 Å². The smallest absolute Gasteiger partial charge is 0.191 e. The molecule has 2 aromatic rings. The first kappa shape index (κ1) is 17.0. The molecule has 5 heteroatoms. The van der Waals surface area contributed by atoms with Crippen molar-refractivity contribution in [3.8, 4) is 0 Å². The number of aliphatic imine (C=N–C) groups is 1. The Morgan fingerprint density at radius 1 is 1.04 bits per heavy atom. The third-order valence-corrected chi connectivity index (χ3v) is 3.39. The normalized spacial score (nSPS) is 11.3. The van der Waals surface area contributed by atoms with Crippen LogP contribution in [0.4, 0.5) is 4.39 Å². The van der Waals surface area contributed by atoms with Crippen LogP contribution >= 0.6 is 0 Å². The van der Waals surface area contributed by atoms with Gasteiger partial charge in [0.1, 0.15) is 5.82 Å². The highest BCUT2D eigenvalue weighted by molar-refractivity contribution is 5.79. The second-order valence-corrected chi connectivity index (χ2v) is 5.12. The Hall–Kier alpha value is -2.40. The van der Waals surface area contributed by atoms with Crippen LogP contribution in [0.15, 0.2) is 53.5 Å². The standard InChI is InChI=1S/C18H22FN3O/c1-20-18(22-12-16-8-3-4-9-17(16)19)21-11-14-6-5-7-15(10-14)13-23-2/h3-10H,11-13H2,1-2H3,(H2,20,21,22). The quantitative estimate of drug-likeness (QED) is 0.636. The summed E-state index contributed by atoms with van der Waals surface area (Å²) < 4.78 is 18.7. The molecule has 0 saturated heterocycles. The van der Waals surface area contributed by atoms with Gasteiger partial charge in [-0.05, 0) is 17.2 Å². The average molecular weight is 315 g/mol. The summed E-state index contributed by atoms with van der Waals surface area (Å²) >= 11 is 0. The lowest BCUT2D eigenvalue weighted by Gasteiger charge is -2.13. The van der Waals surface area contributed by atoms with Crippen LogP contribution in [0.3, 0.4) is 0 Å². The monoisotopic (exact) mass is 315 g/mol. The zero-order valence-electron chi connectivity index (χ0n) is 13.5. The number of ether oxygens (including phenoxy) is 1. The van der Waals surface area contributed by atoms with Crippen molar-refractivity contribution in [1.29, 1.82) is 0 Å². The van der Waals surface area contributed by atoms with Crippen molar-refractivity contribution in [2.45, 2.75) is 19.7 Å². The molecule has 2 N–H and O–H groups in total. The molecular weight excluding hydrogens is 293 g/mol. The van der Waals surface area contributed by atoms with Gasteiger partial charge in [-0.25, -0.2) is 4.39 Å². The van der Waals surface area contributed by atoms with Gasteiger partial charge in [0.15, 0.2) is 5.96 Å². The summed E-state index contributed by atoms with van der Waals surface area (Å²) in [7, 11) is 3.37. The maximum Gasteiger partial charge on any atom is 0.191 e. The molecule has 0 bridgehead atoms. The van der Waals surface area contributed by atoms with Crippen molar-refractivity contribution in [2.75, 3.05) is 14.2 Å². The van der Waals surface area contributed by atoms with Gasteiger partial charge in [-0.2, -0.15) is 0 Å². The molecule has 0 aliphatic rings. The van der Waals surface area contributed by atoms with Crippen molar-refractivity contribution in [1.82, 2.24) is 10.6 Å². The van der Waals surface area contributed by atoms with Gasteiger partial charge in [-0.3, -0.25) is 4.99 Å². The van der Waals surface area contributed by atoms with E-state index in [2.05, 4.69) is 21.7 Å². The number of benzene rings is 2. The SMILES string of the molecule is CN=C(NCc1cccc(COC)c1)NCc1ccccc1F.